The fourth-order valence-electron chi connectivity index (χ4n) is 0.683. The van der Waals surface area contributed by atoms with Crippen LogP contribution in [0.3, 0.4) is 0 Å². The first-order valence-electron chi connectivity index (χ1n) is 3.69. The summed E-state index contributed by atoms with van der Waals surface area (Å²) in [6.07, 6.45) is -0.934. The molecule has 5 heteroatoms. The van der Waals surface area contributed by atoms with Crippen molar-refractivity contribution in [1.82, 2.24) is 10.1 Å². The van der Waals surface area contributed by atoms with Crippen LogP contribution < -0.4 is 0 Å². The molecule has 0 aliphatic carbocycles. The summed E-state index contributed by atoms with van der Waals surface area (Å²) in [5, 5.41) is 12.6. The molecule has 0 bridgehead atoms. The number of aliphatic hydroxyl groups is 1. The molecule has 2 atom stereocenters. The molecule has 0 saturated heterocycles. The summed E-state index contributed by atoms with van der Waals surface area (Å²) in [7, 11) is 1.55. The van der Waals surface area contributed by atoms with Gasteiger partial charge in [0.2, 0.25) is 0 Å². The van der Waals surface area contributed by atoms with Gasteiger partial charge in [0.25, 0.3) is 5.89 Å². The third-order valence-corrected chi connectivity index (χ3v) is 1.53. The minimum absolute atomic E-state index is 0.231. The zero-order valence-electron chi connectivity index (χ0n) is 7.31. The smallest absolute Gasteiger partial charge is 0.255 e. The van der Waals surface area contributed by atoms with Gasteiger partial charge in [-0.2, -0.15) is 4.98 Å². The fourth-order valence-corrected chi connectivity index (χ4v) is 0.683. The van der Waals surface area contributed by atoms with E-state index in [-0.39, 0.29) is 11.9 Å². The van der Waals surface area contributed by atoms with Gasteiger partial charge in [-0.25, -0.2) is 0 Å². The molecule has 5 nitrogen and oxygen atoms in total. The van der Waals surface area contributed by atoms with Gasteiger partial charge in [-0.05, 0) is 13.8 Å². The van der Waals surface area contributed by atoms with Crippen molar-refractivity contribution in [3.8, 4) is 0 Å². The van der Waals surface area contributed by atoms with E-state index in [9.17, 15) is 0 Å². The largest absolute Gasteiger partial charge is 0.385 e. The summed E-state index contributed by atoms with van der Waals surface area (Å²) < 4.78 is 9.78. The normalized spacial score (nSPS) is 16.0. The van der Waals surface area contributed by atoms with E-state index in [0.717, 1.165) is 0 Å². The van der Waals surface area contributed by atoms with Crippen LogP contribution in [-0.2, 0) is 4.74 Å². The molecule has 1 N–H and O–H groups in total. The minimum Gasteiger partial charge on any atom is -0.385 e. The predicted molar refractivity (Wildman–Crippen MR) is 40.4 cm³/mol. The van der Waals surface area contributed by atoms with E-state index in [2.05, 4.69) is 10.1 Å². The quantitative estimate of drug-likeness (QED) is 0.731. The topological polar surface area (TPSA) is 68.4 Å². The second-order valence-electron chi connectivity index (χ2n) is 2.54. The Morgan fingerprint density at radius 1 is 1.50 bits per heavy atom. The molecule has 68 valence electrons. The van der Waals surface area contributed by atoms with Gasteiger partial charge >= 0.3 is 0 Å². The van der Waals surface area contributed by atoms with Crippen molar-refractivity contribution < 1.29 is 14.4 Å². The van der Waals surface area contributed by atoms with Crippen molar-refractivity contribution in [2.24, 2.45) is 0 Å². The Morgan fingerprint density at radius 2 is 2.17 bits per heavy atom. The van der Waals surface area contributed by atoms with Crippen LogP contribution in [0.25, 0.3) is 0 Å². The maximum Gasteiger partial charge on any atom is 0.255 e. The first-order valence-corrected chi connectivity index (χ1v) is 3.69. The van der Waals surface area contributed by atoms with Crippen molar-refractivity contribution in [1.29, 1.82) is 0 Å². The fraction of sp³-hybridized carbons (Fsp3) is 0.714. The van der Waals surface area contributed by atoms with Gasteiger partial charge in [0.05, 0.1) is 0 Å². The molecule has 1 heterocycles. The van der Waals surface area contributed by atoms with Crippen LogP contribution in [0.15, 0.2) is 4.52 Å². The molecule has 0 saturated carbocycles. The Labute approximate surface area is 70.3 Å². The van der Waals surface area contributed by atoms with Crippen molar-refractivity contribution in [3.63, 3.8) is 0 Å². The molecular formula is C7H12N2O3. The van der Waals surface area contributed by atoms with Gasteiger partial charge in [-0.15, -0.1) is 0 Å². The standard InChI is InChI=1S/C7H12N2O3/c1-4(10)6-8-7(12-9-6)5(2)11-3/h4-5,10H,1-3H3. The van der Waals surface area contributed by atoms with Crippen LogP contribution in [0.5, 0.6) is 0 Å². The first-order chi connectivity index (χ1) is 5.65. The monoisotopic (exact) mass is 172 g/mol. The molecule has 1 aromatic rings. The molecule has 1 rings (SSSR count). The van der Waals surface area contributed by atoms with Crippen molar-refractivity contribution >= 4 is 0 Å². The Kier molecular flexibility index (Phi) is 2.78. The van der Waals surface area contributed by atoms with Gasteiger partial charge in [-0.1, -0.05) is 5.16 Å². The minimum atomic E-state index is -0.702. The molecule has 0 amide bonds. The van der Waals surface area contributed by atoms with Gasteiger partial charge < -0.3 is 14.4 Å². The number of rotatable bonds is 3. The van der Waals surface area contributed by atoms with Crippen molar-refractivity contribution in [2.45, 2.75) is 26.1 Å². The van der Waals surface area contributed by atoms with E-state index in [1.165, 1.54) is 0 Å². The van der Waals surface area contributed by atoms with Gasteiger partial charge in [0, 0.05) is 7.11 Å². The summed E-state index contributed by atoms with van der Waals surface area (Å²) in [6.45, 7) is 3.37. The molecule has 0 radical (unpaired) electrons. The first kappa shape index (κ1) is 9.15. The zero-order chi connectivity index (χ0) is 9.14. The van der Waals surface area contributed by atoms with E-state index < -0.39 is 6.10 Å². The third-order valence-electron chi connectivity index (χ3n) is 1.53. The number of aromatic nitrogens is 2. The summed E-state index contributed by atoms with van der Waals surface area (Å²) >= 11 is 0. The summed E-state index contributed by atoms with van der Waals surface area (Å²) in [4.78, 5) is 3.93. The third kappa shape index (κ3) is 1.80. The Hall–Kier alpha value is -0.940. The van der Waals surface area contributed by atoms with E-state index in [4.69, 9.17) is 14.4 Å². The molecule has 12 heavy (non-hydrogen) atoms. The second-order valence-corrected chi connectivity index (χ2v) is 2.54. The lowest BCUT2D eigenvalue weighted by Crippen LogP contribution is -1.98. The SMILES string of the molecule is COC(C)c1nc(C(C)O)no1. The molecule has 0 fully saturated rings. The average molecular weight is 172 g/mol. The van der Waals surface area contributed by atoms with Crippen LogP contribution in [-0.4, -0.2) is 22.4 Å². The lowest BCUT2D eigenvalue weighted by molar-refractivity contribution is 0.0885. The number of aliphatic hydroxyl groups excluding tert-OH is 1. The van der Waals surface area contributed by atoms with Crippen LogP contribution in [0, 0.1) is 0 Å². The molecule has 2 unspecified atom stereocenters. The lowest BCUT2D eigenvalue weighted by atomic mass is 10.4. The number of hydrogen-bond acceptors (Lipinski definition) is 5. The highest BCUT2D eigenvalue weighted by Gasteiger charge is 2.15. The number of ether oxygens (including phenoxy) is 1. The molecule has 0 aliphatic heterocycles. The maximum absolute atomic E-state index is 9.07. The predicted octanol–water partition coefficient (Wildman–Crippen LogP) is 0.830. The molecule has 0 aliphatic rings. The van der Waals surface area contributed by atoms with Crippen molar-refractivity contribution in [3.05, 3.63) is 11.7 Å². The van der Waals surface area contributed by atoms with Crippen molar-refractivity contribution in [2.75, 3.05) is 7.11 Å². The highest BCUT2D eigenvalue weighted by molar-refractivity contribution is 4.91. The van der Waals surface area contributed by atoms with E-state index in [1.807, 2.05) is 0 Å². The molecular weight excluding hydrogens is 160 g/mol. The van der Waals surface area contributed by atoms with Crippen LogP contribution in [0.1, 0.15) is 37.8 Å². The number of hydrogen-bond donors (Lipinski definition) is 1. The average Bonchev–Trinajstić information content (AvgIpc) is 2.51. The van der Waals surface area contributed by atoms with Crippen LogP contribution in [0.2, 0.25) is 0 Å². The summed E-state index contributed by atoms with van der Waals surface area (Å²) in [5.41, 5.74) is 0. The number of methoxy groups -OCH3 is 1. The van der Waals surface area contributed by atoms with E-state index in [1.54, 1.807) is 21.0 Å². The van der Waals surface area contributed by atoms with Crippen LogP contribution in [0.4, 0.5) is 0 Å². The molecule has 0 spiro atoms. The summed E-state index contributed by atoms with van der Waals surface area (Å²) in [6, 6.07) is 0. The number of nitrogens with zero attached hydrogens (tertiary/aromatic N) is 2. The Bertz CT molecular complexity index is 247. The lowest BCUT2D eigenvalue weighted by Gasteiger charge is -2.00. The van der Waals surface area contributed by atoms with E-state index in [0.29, 0.717) is 5.89 Å². The van der Waals surface area contributed by atoms with E-state index >= 15 is 0 Å². The Morgan fingerprint density at radius 3 is 2.58 bits per heavy atom. The second kappa shape index (κ2) is 3.64. The van der Waals surface area contributed by atoms with Crippen LogP contribution >= 0.6 is 0 Å². The van der Waals surface area contributed by atoms with Gasteiger partial charge in [-0.3, -0.25) is 0 Å². The van der Waals surface area contributed by atoms with Gasteiger partial charge in [0.15, 0.2) is 5.82 Å². The molecule has 0 aromatic carbocycles. The molecule has 1 aromatic heterocycles. The highest BCUT2D eigenvalue weighted by atomic mass is 16.5. The highest BCUT2D eigenvalue weighted by Crippen LogP contribution is 2.15. The maximum atomic E-state index is 9.07. The Balaban J connectivity index is 2.77. The zero-order valence-corrected chi connectivity index (χ0v) is 7.31. The van der Waals surface area contributed by atoms with Gasteiger partial charge in [0.1, 0.15) is 12.2 Å². The summed E-state index contributed by atoms with van der Waals surface area (Å²) in [5.74, 6) is 0.669.